The van der Waals surface area contributed by atoms with Crippen LogP contribution in [-0.4, -0.2) is 4.92 Å². The summed E-state index contributed by atoms with van der Waals surface area (Å²) in [5, 5.41) is 11.6. The van der Waals surface area contributed by atoms with Crippen LogP contribution in [-0.2, 0) is 0 Å². The van der Waals surface area contributed by atoms with Gasteiger partial charge in [0.05, 0.1) is 4.92 Å². The van der Waals surface area contributed by atoms with Gasteiger partial charge >= 0.3 is 11.3 Å². The molecular weight excluding hydrogens is 354 g/mol. The first-order chi connectivity index (χ1) is 10.5. The predicted molar refractivity (Wildman–Crippen MR) is 83.4 cm³/mol. The van der Waals surface area contributed by atoms with E-state index >= 15 is 0 Å². The van der Waals surface area contributed by atoms with Gasteiger partial charge in [0.1, 0.15) is 5.58 Å². The first-order valence-electron chi connectivity index (χ1n) is 6.19. The van der Waals surface area contributed by atoms with Crippen LogP contribution in [0.2, 0.25) is 0 Å². The zero-order valence-electron chi connectivity index (χ0n) is 11.0. The van der Waals surface area contributed by atoms with Crippen molar-refractivity contribution in [1.29, 1.82) is 0 Å². The lowest BCUT2D eigenvalue weighted by Gasteiger charge is -2.06. The third-order valence-electron chi connectivity index (χ3n) is 2.94. The van der Waals surface area contributed by atoms with Gasteiger partial charge in [0.2, 0.25) is 11.5 Å². The number of nitro benzene ring substituents is 1. The number of para-hydroxylation sites is 2. The summed E-state index contributed by atoms with van der Waals surface area (Å²) in [6, 6.07) is 12.5. The second kappa shape index (κ2) is 5.61. The summed E-state index contributed by atoms with van der Waals surface area (Å²) in [7, 11) is 0. The summed E-state index contributed by atoms with van der Waals surface area (Å²) in [5.41, 5.74) is -0.521. The number of hydrogen-bond acceptors (Lipinski definition) is 5. The normalized spacial score (nSPS) is 10.6. The Kier molecular flexibility index (Phi) is 3.64. The molecule has 0 aliphatic carbocycles. The monoisotopic (exact) mass is 361 g/mol. The molecule has 0 fully saturated rings. The van der Waals surface area contributed by atoms with Crippen LogP contribution in [0.3, 0.4) is 0 Å². The Morgan fingerprint density at radius 3 is 2.64 bits per heavy atom. The predicted octanol–water partition coefficient (Wildman–Crippen LogP) is 4.26. The highest BCUT2D eigenvalue weighted by Gasteiger charge is 2.17. The highest BCUT2D eigenvalue weighted by atomic mass is 79.9. The molecule has 0 spiro atoms. The van der Waals surface area contributed by atoms with E-state index in [4.69, 9.17) is 9.15 Å². The van der Waals surface area contributed by atoms with Gasteiger partial charge in [0.15, 0.2) is 0 Å². The Morgan fingerprint density at radius 1 is 1.09 bits per heavy atom. The summed E-state index contributed by atoms with van der Waals surface area (Å²) in [6.07, 6.45) is 0. The van der Waals surface area contributed by atoms with Crippen molar-refractivity contribution in [2.24, 2.45) is 0 Å². The fourth-order valence-corrected chi connectivity index (χ4v) is 2.34. The number of benzene rings is 2. The fourth-order valence-electron chi connectivity index (χ4n) is 1.96. The van der Waals surface area contributed by atoms with Crippen molar-refractivity contribution in [2.75, 3.05) is 0 Å². The van der Waals surface area contributed by atoms with Crippen LogP contribution in [0.1, 0.15) is 0 Å². The Bertz CT molecular complexity index is 935. The van der Waals surface area contributed by atoms with E-state index in [1.165, 1.54) is 24.3 Å². The number of nitro groups is 1. The van der Waals surface area contributed by atoms with Crippen LogP contribution in [0, 0.1) is 10.1 Å². The van der Waals surface area contributed by atoms with E-state index in [0.29, 0.717) is 11.0 Å². The minimum atomic E-state index is -0.701. The Morgan fingerprint density at radius 2 is 1.86 bits per heavy atom. The molecule has 0 bridgehead atoms. The maximum atomic E-state index is 11.9. The molecule has 0 aliphatic rings. The zero-order chi connectivity index (χ0) is 15.7. The van der Waals surface area contributed by atoms with Gasteiger partial charge in [-0.05, 0) is 30.3 Å². The summed E-state index contributed by atoms with van der Waals surface area (Å²) in [6.45, 7) is 0. The first kappa shape index (κ1) is 14.3. The van der Waals surface area contributed by atoms with Gasteiger partial charge in [-0.3, -0.25) is 10.1 Å². The van der Waals surface area contributed by atoms with E-state index in [1.54, 1.807) is 24.3 Å². The van der Waals surface area contributed by atoms with Crippen molar-refractivity contribution in [1.82, 2.24) is 0 Å². The molecule has 3 aromatic rings. The van der Waals surface area contributed by atoms with E-state index in [9.17, 15) is 14.9 Å². The molecule has 7 heteroatoms. The topological polar surface area (TPSA) is 82.6 Å². The second-order valence-corrected chi connectivity index (χ2v) is 5.32. The fraction of sp³-hybridized carbons (Fsp3) is 0. The molecule has 0 amide bonds. The average Bonchev–Trinajstić information content (AvgIpc) is 2.49. The van der Waals surface area contributed by atoms with Crippen LogP contribution in [0.4, 0.5) is 5.69 Å². The van der Waals surface area contributed by atoms with E-state index in [2.05, 4.69) is 15.9 Å². The molecule has 3 rings (SSSR count). The number of ether oxygens (including phenoxy) is 1. The standard InChI is InChI=1S/C15H8BrNO5/c16-10-5-6-12-9(7-10)8-14(15(18)22-12)21-13-4-2-1-3-11(13)17(19)20/h1-8H. The van der Waals surface area contributed by atoms with E-state index < -0.39 is 10.5 Å². The van der Waals surface area contributed by atoms with Crippen LogP contribution < -0.4 is 10.4 Å². The summed E-state index contributed by atoms with van der Waals surface area (Å²) in [5.74, 6) is -0.131. The number of halogens is 1. The second-order valence-electron chi connectivity index (χ2n) is 4.41. The van der Waals surface area contributed by atoms with Crippen LogP contribution in [0.5, 0.6) is 11.5 Å². The van der Waals surface area contributed by atoms with Gasteiger partial charge in [0, 0.05) is 15.9 Å². The number of nitrogens with zero attached hydrogens (tertiary/aromatic N) is 1. The maximum absolute atomic E-state index is 11.9. The molecule has 0 aliphatic heterocycles. The smallest absolute Gasteiger partial charge is 0.379 e. The molecule has 0 radical (unpaired) electrons. The first-order valence-corrected chi connectivity index (χ1v) is 6.98. The number of rotatable bonds is 3. The maximum Gasteiger partial charge on any atom is 0.379 e. The highest BCUT2D eigenvalue weighted by Crippen LogP contribution is 2.31. The van der Waals surface area contributed by atoms with Gasteiger partial charge in [-0.1, -0.05) is 28.1 Å². The van der Waals surface area contributed by atoms with E-state index in [-0.39, 0.29) is 17.2 Å². The molecule has 0 saturated carbocycles. The zero-order valence-corrected chi connectivity index (χ0v) is 12.6. The van der Waals surface area contributed by atoms with Crippen molar-refractivity contribution >= 4 is 32.6 Å². The molecule has 1 heterocycles. The van der Waals surface area contributed by atoms with Crippen molar-refractivity contribution in [2.45, 2.75) is 0 Å². The molecule has 1 aromatic heterocycles. The molecular formula is C15H8BrNO5. The van der Waals surface area contributed by atoms with Crippen molar-refractivity contribution in [3.8, 4) is 11.5 Å². The SMILES string of the molecule is O=c1oc2ccc(Br)cc2cc1Oc1ccccc1[N+](=O)[O-]. The van der Waals surface area contributed by atoms with Gasteiger partial charge in [-0.15, -0.1) is 0 Å². The van der Waals surface area contributed by atoms with Crippen LogP contribution in [0.25, 0.3) is 11.0 Å². The summed E-state index contributed by atoms with van der Waals surface area (Å²) >= 11 is 3.32. The van der Waals surface area contributed by atoms with Crippen molar-refractivity contribution in [3.63, 3.8) is 0 Å². The van der Waals surface area contributed by atoms with Crippen molar-refractivity contribution < 1.29 is 14.1 Å². The lowest BCUT2D eigenvalue weighted by molar-refractivity contribution is -0.385. The third kappa shape index (κ3) is 2.71. The molecule has 6 nitrogen and oxygen atoms in total. The largest absolute Gasteiger partial charge is 0.442 e. The summed E-state index contributed by atoms with van der Waals surface area (Å²) < 4.78 is 11.3. The number of fused-ring (bicyclic) bond motifs is 1. The van der Waals surface area contributed by atoms with Gasteiger partial charge in [-0.2, -0.15) is 0 Å². The van der Waals surface area contributed by atoms with Crippen molar-refractivity contribution in [3.05, 3.63) is 73.5 Å². The Balaban J connectivity index is 2.09. The van der Waals surface area contributed by atoms with Gasteiger partial charge < -0.3 is 9.15 Å². The van der Waals surface area contributed by atoms with E-state index in [0.717, 1.165) is 4.47 Å². The molecule has 2 aromatic carbocycles. The molecule has 0 N–H and O–H groups in total. The van der Waals surface area contributed by atoms with Crippen LogP contribution in [0.15, 0.2) is 62.2 Å². The molecule has 0 atom stereocenters. The Hall–Kier alpha value is -2.67. The molecule has 0 saturated heterocycles. The molecule has 110 valence electrons. The lowest BCUT2D eigenvalue weighted by Crippen LogP contribution is -2.04. The van der Waals surface area contributed by atoms with Gasteiger partial charge in [-0.25, -0.2) is 4.79 Å². The average molecular weight is 362 g/mol. The highest BCUT2D eigenvalue weighted by molar-refractivity contribution is 9.10. The minimum Gasteiger partial charge on any atom is -0.442 e. The Labute approximate surface area is 132 Å². The van der Waals surface area contributed by atoms with Gasteiger partial charge in [0.25, 0.3) is 0 Å². The molecule has 0 unspecified atom stereocenters. The number of hydrogen-bond donors (Lipinski definition) is 0. The quantitative estimate of drug-likeness (QED) is 0.395. The van der Waals surface area contributed by atoms with E-state index in [1.807, 2.05) is 0 Å². The third-order valence-corrected chi connectivity index (χ3v) is 3.44. The minimum absolute atomic E-state index is 0.0193. The summed E-state index contributed by atoms with van der Waals surface area (Å²) in [4.78, 5) is 22.3. The lowest BCUT2D eigenvalue weighted by atomic mass is 10.2. The molecule has 22 heavy (non-hydrogen) atoms. The van der Waals surface area contributed by atoms with Crippen LogP contribution >= 0.6 is 15.9 Å².